The van der Waals surface area contributed by atoms with E-state index in [1.807, 2.05) is 29.1 Å². The smallest absolute Gasteiger partial charge is 0.135 e. The van der Waals surface area contributed by atoms with Crippen molar-refractivity contribution in [2.45, 2.75) is 31.3 Å². The molecule has 7 heteroatoms. The standard InChI is InChI=1S/C24H25ClF2N4/c25-17-1-4-19(5-2-17)29-11-13-30(14-12-29)20-6-7-21(16-20)31-10-9-24(28-31)22-8-3-18(26)15-23(22)27/h1-5,8-10,15,20-21H,6-7,11-14,16H2/t20-,21+/m0/s1. The van der Waals surface area contributed by atoms with E-state index in [0.717, 1.165) is 56.5 Å². The van der Waals surface area contributed by atoms with Gasteiger partial charge in [0.25, 0.3) is 0 Å². The molecule has 0 unspecified atom stereocenters. The molecule has 2 aliphatic rings. The van der Waals surface area contributed by atoms with Crippen molar-refractivity contribution in [1.82, 2.24) is 14.7 Å². The van der Waals surface area contributed by atoms with Crippen LogP contribution < -0.4 is 4.90 Å². The third-order valence-electron chi connectivity index (χ3n) is 6.59. The molecule has 5 rings (SSSR count). The first-order valence-corrected chi connectivity index (χ1v) is 11.2. The van der Waals surface area contributed by atoms with E-state index in [1.165, 1.54) is 17.8 Å². The molecule has 3 aromatic rings. The number of hydrogen-bond acceptors (Lipinski definition) is 3. The van der Waals surface area contributed by atoms with E-state index in [1.54, 1.807) is 0 Å². The molecular weight excluding hydrogens is 418 g/mol. The molecule has 162 valence electrons. The van der Waals surface area contributed by atoms with Gasteiger partial charge < -0.3 is 4.90 Å². The number of benzene rings is 2. The van der Waals surface area contributed by atoms with Crippen molar-refractivity contribution in [1.29, 1.82) is 0 Å². The zero-order valence-electron chi connectivity index (χ0n) is 17.2. The van der Waals surface area contributed by atoms with Gasteiger partial charge in [-0.1, -0.05) is 11.6 Å². The van der Waals surface area contributed by atoms with E-state index in [0.29, 0.717) is 23.3 Å². The Bertz CT molecular complexity index is 1040. The summed E-state index contributed by atoms with van der Waals surface area (Å²) in [6, 6.07) is 14.4. The molecule has 1 saturated carbocycles. The number of piperazine rings is 1. The lowest BCUT2D eigenvalue weighted by Gasteiger charge is -2.39. The molecule has 2 fully saturated rings. The Hall–Kier alpha value is -2.44. The third kappa shape index (κ3) is 4.32. The van der Waals surface area contributed by atoms with E-state index in [4.69, 9.17) is 11.6 Å². The number of aromatic nitrogens is 2. The predicted octanol–water partition coefficient (Wildman–Crippen LogP) is 5.40. The number of halogens is 3. The van der Waals surface area contributed by atoms with Gasteiger partial charge in [0.1, 0.15) is 11.6 Å². The van der Waals surface area contributed by atoms with Crippen molar-refractivity contribution in [2.75, 3.05) is 31.1 Å². The summed E-state index contributed by atoms with van der Waals surface area (Å²) in [5.41, 5.74) is 2.12. The molecule has 2 aromatic carbocycles. The number of nitrogens with zero attached hydrogens (tertiary/aromatic N) is 4. The van der Waals surface area contributed by atoms with Gasteiger partial charge in [-0.15, -0.1) is 0 Å². The van der Waals surface area contributed by atoms with E-state index >= 15 is 0 Å². The Balaban J connectivity index is 1.19. The number of anilines is 1. The third-order valence-corrected chi connectivity index (χ3v) is 6.84. The first-order valence-electron chi connectivity index (χ1n) is 10.8. The second-order valence-corrected chi connectivity index (χ2v) is 8.86. The summed E-state index contributed by atoms with van der Waals surface area (Å²) in [5.74, 6) is -1.15. The van der Waals surface area contributed by atoms with Crippen LogP contribution in [0.2, 0.25) is 5.02 Å². The quantitative estimate of drug-likeness (QED) is 0.541. The second-order valence-electron chi connectivity index (χ2n) is 8.43. The Morgan fingerprint density at radius 2 is 1.61 bits per heavy atom. The van der Waals surface area contributed by atoms with Gasteiger partial charge in [-0.05, 0) is 61.7 Å². The van der Waals surface area contributed by atoms with Crippen LogP contribution in [0.5, 0.6) is 0 Å². The van der Waals surface area contributed by atoms with E-state index in [9.17, 15) is 8.78 Å². The highest BCUT2D eigenvalue weighted by Gasteiger charge is 2.32. The maximum absolute atomic E-state index is 14.1. The average Bonchev–Trinajstić information content (AvgIpc) is 3.44. The van der Waals surface area contributed by atoms with Crippen LogP contribution in [0.3, 0.4) is 0 Å². The van der Waals surface area contributed by atoms with Crippen molar-refractivity contribution >= 4 is 17.3 Å². The molecule has 31 heavy (non-hydrogen) atoms. The monoisotopic (exact) mass is 442 g/mol. The normalized spacial score (nSPS) is 22.2. The molecule has 0 bridgehead atoms. The van der Waals surface area contributed by atoms with Crippen molar-refractivity contribution < 1.29 is 8.78 Å². The Morgan fingerprint density at radius 1 is 0.871 bits per heavy atom. The van der Waals surface area contributed by atoms with Crippen LogP contribution in [0.15, 0.2) is 54.7 Å². The minimum atomic E-state index is -0.576. The van der Waals surface area contributed by atoms with Crippen LogP contribution in [-0.4, -0.2) is 46.9 Å². The molecule has 4 nitrogen and oxygen atoms in total. The lowest BCUT2D eigenvalue weighted by molar-refractivity contribution is 0.183. The van der Waals surface area contributed by atoms with Crippen molar-refractivity contribution in [3.05, 3.63) is 71.4 Å². The molecule has 1 aliphatic heterocycles. The highest BCUT2D eigenvalue weighted by atomic mass is 35.5. The lowest BCUT2D eigenvalue weighted by Crippen LogP contribution is -2.49. The maximum atomic E-state index is 14.1. The number of rotatable bonds is 4. The minimum absolute atomic E-state index is 0.316. The lowest BCUT2D eigenvalue weighted by atomic mass is 10.1. The summed E-state index contributed by atoms with van der Waals surface area (Å²) in [6.45, 7) is 4.12. The molecule has 0 N–H and O–H groups in total. The SMILES string of the molecule is Fc1ccc(-c2ccn([C@@H]3CC[C@H](N4CCN(c5ccc(Cl)cc5)CC4)C3)n2)c(F)c1. The summed E-state index contributed by atoms with van der Waals surface area (Å²) < 4.78 is 29.2. The Kier molecular flexibility index (Phi) is 5.67. The van der Waals surface area contributed by atoms with Gasteiger partial charge in [0, 0.05) is 60.8 Å². The molecular formula is C24H25ClF2N4. The average molecular weight is 443 g/mol. The first kappa shape index (κ1) is 20.5. The summed E-state index contributed by atoms with van der Waals surface area (Å²) >= 11 is 6.01. The van der Waals surface area contributed by atoms with Gasteiger partial charge in [0.05, 0.1) is 11.7 Å². The zero-order valence-corrected chi connectivity index (χ0v) is 18.0. The Labute approximate surface area is 186 Å². The van der Waals surface area contributed by atoms with Crippen LogP contribution in [0, 0.1) is 11.6 Å². The van der Waals surface area contributed by atoms with Crippen LogP contribution >= 0.6 is 11.6 Å². The summed E-state index contributed by atoms with van der Waals surface area (Å²) in [4.78, 5) is 5.01. The fraction of sp³-hybridized carbons (Fsp3) is 0.375. The van der Waals surface area contributed by atoms with Gasteiger partial charge in [0.2, 0.25) is 0 Å². The molecule has 1 saturated heterocycles. The molecule has 1 aliphatic carbocycles. The fourth-order valence-corrected chi connectivity index (χ4v) is 5.01. The van der Waals surface area contributed by atoms with Crippen LogP contribution in [0.4, 0.5) is 14.5 Å². The summed E-state index contributed by atoms with van der Waals surface area (Å²) in [5, 5.41) is 5.38. The van der Waals surface area contributed by atoms with Crippen molar-refractivity contribution in [3.8, 4) is 11.3 Å². The molecule has 0 spiro atoms. The zero-order chi connectivity index (χ0) is 21.4. The highest BCUT2D eigenvalue weighted by Crippen LogP contribution is 2.34. The van der Waals surface area contributed by atoms with E-state index < -0.39 is 11.6 Å². The first-order chi connectivity index (χ1) is 15.1. The predicted molar refractivity (Wildman–Crippen MR) is 119 cm³/mol. The minimum Gasteiger partial charge on any atom is -0.369 e. The van der Waals surface area contributed by atoms with Crippen LogP contribution in [0.25, 0.3) is 11.3 Å². The Morgan fingerprint density at radius 3 is 2.35 bits per heavy atom. The molecule has 0 radical (unpaired) electrons. The van der Waals surface area contributed by atoms with Gasteiger partial charge in [-0.3, -0.25) is 9.58 Å². The second kappa shape index (κ2) is 8.60. The fourth-order valence-electron chi connectivity index (χ4n) is 4.89. The maximum Gasteiger partial charge on any atom is 0.135 e. The van der Waals surface area contributed by atoms with Crippen molar-refractivity contribution in [2.24, 2.45) is 0 Å². The summed E-state index contributed by atoms with van der Waals surface area (Å²) in [7, 11) is 0. The van der Waals surface area contributed by atoms with Crippen molar-refractivity contribution in [3.63, 3.8) is 0 Å². The molecule has 1 aromatic heterocycles. The molecule has 2 heterocycles. The topological polar surface area (TPSA) is 24.3 Å². The molecule has 2 atom stereocenters. The van der Waals surface area contributed by atoms with Gasteiger partial charge in [-0.25, -0.2) is 8.78 Å². The highest BCUT2D eigenvalue weighted by molar-refractivity contribution is 6.30. The van der Waals surface area contributed by atoms with Gasteiger partial charge in [-0.2, -0.15) is 5.10 Å². The largest absolute Gasteiger partial charge is 0.369 e. The van der Waals surface area contributed by atoms with Gasteiger partial charge in [0.15, 0.2) is 0 Å². The number of hydrogen-bond donors (Lipinski definition) is 0. The van der Waals surface area contributed by atoms with Crippen LogP contribution in [-0.2, 0) is 0 Å². The van der Waals surface area contributed by atoms with Crippen LogP contribution in [0.1, 0.15) is 25.3 Å². The van der Waals surface area contributed by atoms with Gasteiger partial charge >= 0.3 is 0 Å². The summed E-state index contributed by atoms with van der Waals surface area (Å²) in [6.07, 6.45) is 5.18. The molecule has 0 amide bonds. The van der Waals surface area contributed by atoms with E-state index in [2.05, 4.69) is 27.0 Å². The van der Waals surface area contributed by atoms with E-state index in [-0.39, 0.29) is 0 Å².